The van der Waals surface area contributed by atoms with E-state index in [0.717, 1.165) is 0 Å². The monoisotopic (exact) mass is 350 g/mol. The summed E-state index contributed by atoms with van der Waals surface area (Å²) in [4.78, 5) is 26.9. The molecule has 8 heteroatoms. The molecule has 1 aromatic carbocycles. The Morgan fingerprint density at radius 2 is 1.92 bits per heavy atom. The van der Waals surface area contributed by atoms with Gasteiger partial charge in [0.2, 0.25) is 0 Å². The summed E-state index contributed by atoms with van der Waals surface area (Å²) in [7, 11) is 0. The van der Waals surface area contributed by atoms with Gasteiger partial charge in [0, 0.05) is 5.75 Å². The normalized spacial score (nSPS) is 31.5. The number of aromatic nitrogens is 2. The molecule has 0 spiro atoms. The number of nitrogens with one attached hydrogen (secondary N) is 1. The van der Waals surface area contributed by atoms with E-state index < -0.39 is 29.4 Å². The highest BCUT2D eigenvalue weighted by molar-refractivity contribution is 7.80. The average Bonchev–Trinajstić information content (AvgIpc) is 3.01. The van der Waals surface area contributed by atoms with Gasteiger partial charge < -0.3 is 14.2 Å². The van der Waals surface area contributed by atoms with Gasteiger partial charge in [-0.2, -0.15) is 12.6 Å². The van der Waals surface area contributed by atoms with Gasteiger partial charge in [0.05, 0.1) is 17.0 Å². The number of hydrogen-bond donors (Lipinski definition) is 2. The maximum absolute atomic E-state index is 12.5. The van der Waals surface area contributed by atoms with Crippen LogP contribution in [-0.2, 0) is 14.2 Å². The maximum Gasteiger partial charge on any atom is 0.331 e. The second-order valence-corrected chi connectivity index (χ2v) is 6.82. The number of benzene rings is 1. The van der Waals surface area contributed by atoms with Crippen LogP contribution >= 0.6 is 12.6 Å². The predicted molar refractivity (Wildman–Crippen MR) is 90.4 cm³/mol. The Labute approximate surface area is 142 Å². The molecule has 2 aliphatic heterocycles. The molecule has 0 saturated carbocycles. The number of nitrogens with zero attached hydrogens (tertiary/aromatic N) is 1. The molecule has 7 nitrogen and oxygen atoms in total. The summed E-state index contributed by atoms with van der Waals surface area (Å²) in [6.07, 6.45) is -1.77. The second kappa shape index (κ2) is 5.45. The summed E-state index contributed by atoms with van der Waals surface area (Å²) >= 11 is 4.32. The number of H-pyrrole nitrogens is 1. The number of thiol groups is 1. The highest BCUT2D eigenvalue weighted by atomic mass is 32.1. The summed E-state index contributed by atoms with van der Waals surface area (Å²) in [5.74, 6) is -0.326. The van der Waals surface area contributed by atoms with Crippen molar-refractivity contribution in [2.75, 3.05) is 5.75 Å². The lowest BCUT2D eigenvalue weighted by atomic mass is 10.1. The minimum absolute atomic E-state index is 0.303. The third-order valence-corrected chi connectivity index (χ3v) is 4.77. The quantitative estimate of drug-likeness (QED) is 0.791. The molecule has 0 aliphatic carbocycles. The molecule has 0 bridgehead atoms. The number of hydrogen-bond acceptors (Lipinski definition) is 6. The summed E-state index contributed by atoms with van der Waals surface area (Å²) in [6.45, 7) is 3.65. The van der Waals surface area contributed by atoms with Gasteiger partial charge in [-0.15, -0.1) is 0 Å². The van der Waals surface area contributed by atoms with E-state index in [2.05, 4.69) is 17.6 Å². The lowest BCUT2D eigenvalue weighted by molar-refractivity contribution is -0.194. The fourth-order valence-corrected chi connectivity index (χ4v) is 3.77. The van der Waals surface area contributed by atoms with Crippen LogP contribution in [0.2, 0.25) is 0 Å². The molecule has 2 aliphatic rings. The zero-order valence-electron chi connectivity index (χ0n) is 13.3. The second-order valence-electron chi connectivity index (χ2n) is 6.46. The molecule has 2 fully saturated rings. The summed E-state index contributed by atoms with van der Waals surface area (Å²) in [5.41, 5.74) is -0.449. The standard InChI is InChI=1S/C16H18N2O5S/c1-16(2)22-11-10(7-24)21-14(12(11)23-16)18-9-6-4-3-5-8(9)13(19)17-15(18)20/h3-6,10-12,14,24H,7H2,1-2H3,(H,17,19,20)/t10-,11-,12-,14-/m1/s1. The van der Waals surface area contributed by atoms with Gasteiger partial charge in [0.1, 0.15) is 12.2 Å². The van der Waals surface area contributed by atoms with E-state index in [1.54, 1.807) is 24.3 Å². The third kappa shape index (κ3) is 2.33. The van der Waals surface area contributed by atoms with E-state index in [0.29, 0.717) is 16.7 Å². The molecule has 1 N–H and O–H groups in total. The van der Waals surface area contributed by atoms with Crippen LogP contribution in [0.25, 0.3) is 10.9 Å². The van der Waals surface area contributed by atoms with Crippen molar-refractivity contribution in [3.63, 3.8) is 0 Å². The van der Waals surface area contributed by atoms with Crippen molar-refractivity contribution >= 4 is 23.5 Å². The van der Waals surface area contributed by atoms with Crippen LogP contribution < -0.4 is 11.2 Å². The maximum atomic E-state index is 12.5. The van der Waals surface area contributed by atoms with Crippen molar-refractivity contribution < 1.29 is 14.2 Å². The molecule has 0 unspecified atom stereocenters. The number of rotatable bonds is 2. The highest BCUT2D eigenvalue weighted by Gasteiger charge is 2.55. The third-order valence-electron chi connectivity index (χ3n) is 4.41. The van der Waals surface area contributed by atoms with E-state index >= 15 is 0 Å². The van der Waals surface area contributed by atoms with Crippen LogP contribution in [0.4, 0.5) is 0 Å². The lowest BCUT2D eigenvalue weighted by Gasteiger charge is -2.25. The topological polar surface area (TPSA) is 82.6 Å². The Morgan fingerprint density at radius 1 is 1.21 bits per heavy atom. The SMILES string of the molecule is CC1(C)O[C@@H]2[C@H](O1)[C@@H](CS)O[C@H]2n1c(=O)[nH]c(=O)c2ccccc21. The van der Waals surface area contributed by atoms with E-state index in [1.165, 1.54) is 4.57 Å². The molecule has 4 atom stereocenters. The summed E-state index contributed by atoms with van der Waals surface area (Å²) < 4.78 is 19.3. The minimum atomic E-state index is -0.764. The Balaban J connectivity index is 1.89. The molecule has 2 aromatic rings. The molecule has 1 aromatic heterocycles. The zero-order valence-corrected chi connectivity index (χ0v) is 14.2. The van der Waals surface area contributed by atoms with E-state index in [9.17, 15) is 9.59 Å². The number of ether oxygens (including phenoxy) is 3. The minimum Gasteiger partial charge on any atom is -0.348 e. The van der Waals surface area contributed by atoms with Crippen molar-refractivity contribution in [1.29, 1.82) is 0 Å². The van der Waals surface area contributed by atoms with Gasteiger partial charge >= 0.3 is 5.69 Å². The van der Waals surface area contributed by atoms with Crippen LogP contribution in [0.1, 0.15) is 20.1 Å². The van der Waals surface area contributed by atoms with Gasteiger partial charge in [-0.05, 0) is 26.0 Å². The van der Waals surface area contributed by atoms with Gasteiger partial charge in [-0.1, -0.05) is 12.1 Å². The van der Waals surface area contributed by atoms with Crippen molar-refractivity contribution in [1.82, 2.24) is 9.55 Å². The van der Waals surface area contributed by atoms with Crippen molar-refractivity contribution in [2.45, 2.75) is 44.2 Å². The Hall–Kier alpha value is -1.61. The van der Waals surface area contributed by atoms with E-state index in [-0.39, 0.29) is 12.2 Å². The van der Waals surface area contributed by atoms with Crippen LogP contribution in [0.3, 0.4) is 0 Å². The first-order valence-corrected chi connectivity index (χ1v) is 8.40. The van der Waals surface area contributed by atoms with Gasteiger partial charge in [-0.25, -0.2) is 4.79 Å². The molecule has 128 valence electrons. The first-order valence-electron chi connectivity index (χ1n) is 7.77. The van der Waals surface area contributed by atoms with E-state index in [4.69, 9.17) is 14.2 Å². The summed E-state index contributed by atoms with van der Waals surface area (Å²) in [5, 5.41) is 0.421. The number of aromatic amines is 1. The van der Waals surface area contributed by atoms with Crippen LogP contribution in [0, 0.1) is 0 Å². The Kier molecular flexibility index (Phi) is 3.61. The van der Waals surface area contributed by atoms with Gasteiger partial charge in [-0.3, -0.25) is 14.3 Å². The average molecular weight is 350 g/mol. The summed E-state index contributed by atoms with van der Waals surface area (Å²) in [6, 6.07) is 6.91. The van der Waals surface area contributed by atoms with Crippen molar-refractivity contribution in [3.8, 4) is 0 Å². The molecule has 0 radical (unpaired) electrons. The van der Waals surface area contributed by atoms with Crippen LogP contribution in [0.15, 0.2) is 33.9 Å². The highest BCUT2D eigenvalue weighted by Crippen LogP contribution is 2.43. The molecular formula is C16H18N2O5S. The molecule has 3 heterocycles. The van der Waals surface area contributed by atoms with Crippen LogP contribution in [-0.4, -0.2) is 39.4 Å². The fourth-order valence-electron chi connectivity index (χ4n) is 3.48. The Morgan fingerprint density at radius 3 is 2.67 bits per heavy atom. The number of fused-ring (bicyclic) bond motifs is 2. The Bertz CT molecular complexity index is 905. The van der Waals surface area contributed by atoms with Gasteiger partial charge in [0.25, 0.3) is 5.56 Å². The largest absolute Gasteiger partial charge is 0.348 e. The fraction of sp³-hybridized carbons (Fsp3) is 0.500. The molecule has 24 heavy (non-hydrogen) atoms. The lowest BCUT2D eigenvalue weighted by Crippen LogP contribution is -2.38. The first-order chi connectivity index (χ1) is 11.4. The van der Waals surface area contributed by atoms with Crippen molar-refractivity contribution in [3.05, 3.63) is 45.1 Å². The van der Waals surface area contributed by atoms with Crippen LogP contribution in [0.5, 0.6) is 0 Å². The molecular weight excluding hydrogens is 332 g/mol. The zero-order chi connectivity index (χ0) is 17.1. The van der Waals surface area contributed by atoms with E-state index in [1.807, 2.05) is 13.8 Å². The first kappa shape index (κ1) is 15.9. The predicted octanol–water partition coefficient (Wildman–Crippen LogP) is 1.04. The molecule has 0 amide bonds. The van der Waals surface area contributed by atoms with Crippen molar-refractivity contribution in [2.24, 2.45) is 0 Å². The van der Waals surface area contributed by atoms with Gasteiger partial charge in [0.15, 0.2) is 12.0 Å². The number of para-hydroxylation sites is 1. The molecule has 2 saturated heterocycles. The molecule has 4 rings (SSSR count). The smallest absolute Gasteiger partial charge is 0.331 e.